The first-order valence-corrected chi connectivity index (χ1v) is 5.36. The van der Waals surface area contributed by atoms with Crippen molar-refractivity contribution < 1.29 is 27.2 Å². The Balaban J connectivity index is 2.37. The number of aryl methyl sites for hydroxylation is 1. The normalized spacial score (nSPS) is 11.4. The van der Waals surface area contributed by atoms with Gasteiger partial charge in [-0.3, -0.25) is 9.32 Å². The highest BCUT2D eigenvalue weighted by Gasteiger charge is 2.35. The zero-order chi connectivity index (χ0) is 14.9. The molecule has 1 heterocycles. The van der Waals surface area contributed by atoms with Crippen LogP contribution < -0.4 is 15.6 Å². The van der Waals surface area contributed by atoms with E-state index in [1.54, 1.807) is 0 Å². The van der Waals surface area contributed by atoms with E-state index in [4.69, 9.17) is 0 Å². The van der Waals surface area contributed by atoms with Crippen molar-refractivity contribution in [3.05, 3.63) is 45.9 Å². The van der Waals surface area contributed by atoms with Gasteiger partial charge in [0.1, 0.15) is 0 Å². The van der Waals surface area contributed by atoms with Crippen LogP contribution in [-0.2, 0) is 13.2 Å². The highest BCUT2D eigenvalue weighted by atomic mass is 19.4. The standard InChI is InChI=1S/C11H8F3N3O3/c1-17-8(10(19)20-16-17)9(18)15-7-5-3-2-4-6(7)11(12,13)14/h2-5H,1H3,(H-,15,16,18,19)/p+1. The van der Waals surface area contributed by atoms with E-state index in [0.29, 0.717) is 0 Å². The van der Waals surface area contributed by atoms with Crippen molar-refractivity contribution in [3.63, 3.8) is 0 Å². The molecule has 1 aromatic heterocycles. The third-order valence-electron chi connectivity index (χ3n) is 2.50. The predicted octanol–water partition coefficient (Wildman–Crippen LogP) is 1.06. The molecule has 0 atom stereocenters. The second kappa shape index (κ2) is 4.83. The number of aromatic amines is 1. The third kappa shape index (κ3) is 2.56. The summed E-state index contributed by atoms with van der Waals surface area (Å²) in [5.41, 5.74) is -2.86. The number of nitrogens with one attached hydrogen (secondary N) is 2. The number of carbonyl (C=O) groups excluding carboxylic acids is 1. The van der Waals surface area contributed by atoms with Crippen LogP contribution in [0, 0.1) is 0 Å². The highest BCUT2D eigenvalue weighted by molar-refractivity contribution is 6.01. The molecule has 0 aliphatic heterocycles. The number of benzene rings is 1. The molecule has 106 valence electrons. The number of rotatable bonds is 2. The lowest BCUT2D eigenvalue weighted by Gasteiger charge is -2.11. The fourth-order valence-electron chi connectivity index (χ4n) is 1.61. The minimum atomic E-state index is -4.62. The fraction of sp³-hybridized carbons (Fsp3) is 0.182. The molecule has 0 saturated carbocycles. The number of anilines is 1. The maximum absolute atomic E-state index is 12.8. The largest absolute Gasteiger partial charge is 0.440 e. The Morgan fingerprint density at radius 3 is 2.55 bits per heavy atom. The molecule has 2 rings (SSSR count). The molecule has 0 aliphatic carbocycles. The van der Waals surface area contributed by atoms with E-state index in [9.17, 15) is 22.8 Å². The molecule has 0 radical (unpaired) electrons. The monoisotopic (exact) mass is 288 g/mol. The highest BCUT2D eigenvalue weighted by Crippen LogP contribution is 2.34. The van der Waals surface area contributed by atoms with E-state index in [2.05, 4.69) is 9.79 Å². The molecule has 0 spiro atoms. The van der Waals surface area contributed by atoms with Crippen LogP contribution in [0.1, 0.15) is 16.1 Å². The number of carbonyl (C=O) groups is 1. The van der Waals surface area contributed by atoms with E-state index in [-0.39, 0.29) is 0 Å². The summed E-state index contributed by atoms with van der Waals surface area (Å²) in [5.74, 6) is -1.00. The SMILES string of the molecule is C[n+]1[nH]oc(=O)c1C(=O)Nc1ccccc1C(F)(F)F. The number of halogens is 3. The van der Waals surface area contributed by atoms with Gasteiger partial charge in [0.15, 0.2) is 7.05 Å². The molecule has 1 amide bonds. The molecule has 9 heteroatoms. The van der Waals surface area contributed by atoms with Crippen molar-refractivity contribution in [2.45, 2.75) is 6.18 Å². The van der Waals surface area contributed by atoms with Gasteiger partial charge < -0.3 is 5.32 Å². The third-order valence-corrected chi connectivity index (χ3v) is 2.50. The van der Waals surface area contributed by atoms with Crippen molar-refractivity contribution in [3.8, 4) is 0 Å². The van der Waals surface area contributed by atoms with Crippen molar-refractivity contribution in [1.29, 1.82) is 0 Å². The van der Waals surface area contributed by atoms with Gasteiger partial charge in [-0.05, 0) is 17.4 Å². The van der Waals surface area contributed by atoms with Gasteiger partial charge in [-0.1, -0.05) is 16.8 Å². The van der Waals surface area contributed by atoms with Crippen molar-refractivity contribution >= 4 is 11.6 Å². The Bertz CT molecular complexity index is 703. The van der Waals surface area contributed by atoms with E-state index in [1.807, 2.05) is 5.32 Å². The number of H-pyrrole nitrogens is 1. The van der Waals surface area contributed by atoms with Crippen LogP contribution in [-0.4, -0.2) is 11.2 Å². The molecule has 0 fully saturated rings. The summed E-state index contributed by atoms with van der Waals surface area (Å²) in [6.45, 7) is 0. The van der Waals surface area contributed by atoms with Gasteiger partial charge in [0.05, 0.1) is 11.3 Å². The van der Waals surface area contributed by atoms with Gasteiger partial charge in [-0.25, -0.2) is 4.79 Å². The van der Waals surface area contributed by atoms with Crippen LogP contribution in [0.25, 0.3) is 0 Å². The molecule has 2 N–H and O–H groups in total. The molecule has 20 heavy (non-hydrogen) atoms. The number of hydrogen-bond acceptors (Lipinski definition) is 3. The van der Waals surface area contributed by atoms with Gasteiger partial charge in [0, 0.05) is 0 Å². The quantitative estimate of drug-likeness (QED) is 0.811. The summed E-state index contributed by atoms with van der Waals surface area (Å²) in [4.78, 5) is 23.1. The number of amides is 1. The van der Waals surface area contributed by atoms with Crippen LogP contribution in [0.15, 0.2) is 33.6 Å². The summed E-state index contributed by atoms with van der Waals surface area (Å²) in [7, 11) is 1.31. The molecule has 0 aliphatic rings. The van der Waals surface area contributed by atoms with E-state index >= 15 is 0 Å². The lowest BCUT2D eigenvalue weighted by molar-refractivity contribution is -0.741. The molecular weight excluding hydrogens is 279 g/mol. The average Bonchev–Trinajstić information content (AvgIpc) is 2.68. The van der Waals surface area contributed by atoms with E-state index in [1.165, 1.54) is 19.2 Å². The summed E-state index contributed by atoms with van der Waals surface area (Å²) in [6, 6.07) is 4.46. The summed E-state index contributed by atoms with van der Waals surface area (Å²) < 4.78 is 43.6. The first kappa shape index (κ1) is 13.8. The number of hydrogen-bond donors (Lipinski definition) is 2. The fourth-order valence-corrected chi connectivity index (χ4v) is 1.61. The van der Waals surface area contributed by atoms with Gasteiger partial charge in [-0.2, -0.15) is 13.2 Å². The second-order valence-corrected chi connectivity index (χ2v) is 3.89. The predicted molar refractivity (Wildman–Crippen MR) is 59.9 cm³/mol. The first-order valence-electron chi connectivity index (χ1n) is 5.36. The van der Waals surface area contributed by atoms with Crippen LogP contribution in [0.3, 0.4) is 0 Å². The maximum atomic E-state index is 12.8. The Kier molecular flexibility index (Phi) is 3.35. The van der Waals surface area contributed by atoms with Crippen molar-refractivity contribution in [2.75, 3.05) is 5.32 Å². The smallest absolute Gasteiger partial charge is 0.316 e. The zero-order valence-corrected chi connectivity index (χ0v) is 10.1. The number of para-hydroxylation sites is 1. The van der Waals surface area contributed by atoms with Crippen LogP contribution >= 0.6 is 0 Å². The molecule has 2 aromatic rings. The molecule has 0 unspecified atom stereocenters. The average molecular weight is 288 g/mol. The first-order chi connectivity index (χ1) is 9.30. The molecule has 6 nitrogen and oxygen atoms in total. The Labute approximate surface area is 109 Å². The number of alkyl halides is 3. The molecule has 1 aromatic carbocycles. The topological polar surface area (TPSA) is 79.0 Å². The van der Waals surface area contributed by atoms with Gasteiger partial charge in [-0.15, -0.1) is 0 Å². The lowest BCUT2D eigenvalue weighted by Crippen LogP contribution is -2.41. The molecule has 0 saturated heterocycles. The van der Waals surface area contributed by atoms with Crippen molar-refractivity contribution in [2.24, 2.45) is 7.05 Å². The number of aromatic nitrogens is 2. The Morgan fingerprint density at radius 2 is 2.00 bits per heavy atom. The van der Waals surface area contributed by atoms with Crippen LogP contribution in [0.2, 0.25) is 0 Å². The van der Waals surface area contributed by atoms with E-state index in [0.717, 1.165) is 16.8 Å². The molecule has 0 bridgehead atoms. The summed E-state index contributed by atoms with van der Waals surface area (Å²) in [5, 5.41) is 4.14. The van der Waals surface area contributed by atoms with Gasteiger partial charge >= 0.3 is 23.4 Å². The number of nitrogens with zero attached hydrogens (tertiary/aromatic N) is 1. The van der Waals surface area contributed by atoms with E-state index < -0.39 is 34.7 Å². The lowest BCUT2D eigenvalue weighted by atomic mass is 10.1. The Hall–Kier alpha value is -2.58. The van der Waals surface area contributed by atoms with Gasteiger partial charge in [0.25, 0.3) is 0 Å². The van der Waals surface area contributed by atoms with Gasteiger partial charge in [0.2, 0.25) is 0 Å². The minimum Gasteiger partial charge on any atom is -0.316 e. The Morgan fingerprint density at radius 1 is 1.35 bits per heavy atom. The van der Waals surface area contributed by atoms with Crippen molar-refractivity contribution in [1.82, 2.24) is 5.27 Å². The molecular formula is C11H9F3N3O3+. The minimum absolute atomic E-state index is 0.439. The summed E-state index contributed by atoms with van der Waals surface area (Å²) >= 11 is 0. The second-order valence-electron chi connectivity index (χ2n) is 3.89. The zero-order valence-electron chi connectivity index (χ0n) is 10.1. The summed E-state index contributed by atoms with van der Waals surface area (Å²) in [6.07, 6.45) is -4.62. The van der Waals surface area contributed by atoms with Crippen LogP contribution in [0.4, 0.5) is 18.9 Å². The van der Waals surface area contributed by atoms with Crippen LogP contribution in [0.5, 0.6) is 0 Å². The maximum Gasteiger partial charge on any atom is 0.440 e.